The van der Waals surface area contributed by atoms with Gasteiger partial charge in [0.15, 0.2) is 0 Å². The maximum Gasteiger partial charge on any atom is 0.270 e. The Balaban J connectivity index is 1.29. The molecule has 8 nitrogen and oxygen atoms in total. The van der Waals surface area contributed by atoms with Gasteiger partial charge in [0.05, 0.1) is 21.3 Å². The quantitative estimate of drug-likeness (QED) is 0.296. The van der Waals surface area contributed by atoms with Gasteiger partial charge in [-0.3, -0.25) is 14.9 Å². The number of nitrogens with one attached hydrogen (secondary N) is 2. The van der Waals surface area contributed by atoms with Gasteiger partial charge >= 0.3 is 0 Å². The molecule has 1 unspecified atom stereocenters. The van der Waals surface area contributed by atoms with Crippen molar-refractivity contribution in [1.82, 2.24) is 9.84 Å². The lowest BCUT2D eigenvalue weighted by Crippen LogP contribution is -2.38. The molecule has 1 aliphatic rings. The van der Waals surface area contributed by atoms with E-state index in [0.29, 0.717) is 22.1 Å². The summed E-state index contributed by atoms with van der Waals surface area (Å²) in [6, 6.07) is 20.1. The molecule has 10 heteroatoms. The summed E-state index contributed by atoms with van der Waals surface area (Å²) in [4.78, 5) is 25.9. The van der Waals surface area contributed by atoms with Crippen LogP contribution in [0.1, 0.15) is 0 Å². The maximum atomic E-state index is 15.0. The normalized spacial score (nSPS) is 18.5. The first-order valence-electron chi connectivity index (χ1n) is 9.28. The lowest BCUT2D eigenvalue weighted by atomic mass is 10.3. The Hall–Kier alpha value is -3.47. The fraction of sp³-hybridized carbons (Fsp3) is 0.0952. The van der Waals surface area contributed by atoms with E-state index in [1.165, 1.54) is 30.3 Å². The van der Waals surface area contributed by atoms with Crippen LogP contribution in [0, 0.1) is 10.1 Å². The summed E-state index contributed by atoms with van der Waals surface area (Å²) in [6.45, 7) is -0.114. The van der Waals surface area contributed by atoms with Gasteiger partial charge in [0.25, 0.3) is 5.69 Å². The molecule has 1 atom stereocenters. The molecular formula is C21H19FN4O4S. The van der Waals surface area contributed by atoms with Gasteiger partial charge in [-0.15, -0.1) is 0 Å². The molecule has 3 aromatic rings. The van der Waals surface area contributed by atoms with Crippen molar-refractivity contribution in [3.05, 3.63) is 82.9 Å². The standard InChI is InChI=1S/C21H19FN4O4S/c1-25(24-31(22)19-12-9-16(26(28)29)13-20(19)31)14-21(27)23-15-7-10-18(11-8-15)30-17-5-3-2-4-6-17/h2-13,24H,14H2,1H3,(H,23,27). The van der Waals surface area contributed by atoms with E-state index in [9.17, 15) is 14.9 Å². The SMILES string of the molecule is CN(CC(=O)Nc1ccc(Oc2ccccc2)cc1)NS1(F)c2ccc([N+](=O)[O-])cc21. The van der Waals surface area contributed by atoms with Crippen LogP contribution in [0.4, 0.5) is 15.3 Å². The summed E-state index contributed by atoms with van der Waals surface area (Å²) in [6.07, 6.45) is 0. The van der Waals surface area contributed by atoms with E-state index in [-0.39, 0.29) is 23.0 Å². The van der Waals surface area contributed by atoms with Crippen molar-refractivity contribution in [2.24, 2.45) is 0 Å². The summed E-state index contributed by atoms with van der Waals surface area (Å²) >= 11 is 0. The highest BCUT2D eigenvalue weighted by molar-refractivity contribution is 8.32. The van der Waals surface area contributed by atoms with Crippen LogP contribution in [-0.2, 0) is 4.79 Å². The van der Waals surface area contributed by atoms with Crippen LogP contribution in [0.3, 0.4) is 0 Å². The van der Waals surface area contributed by atoms with Crippen LogP contribution in [0.15, 0.2) is 82.6 Å². The average molecular weight is 442 g/mol. The molecule has 0 aliphatic carbocycles. The second-order valence-corrected chi connectivity index (χ2v) is 9.00. The van der Waals surface area contributed by atoms with E-state index in [0.717, 1.165) is 0 Å². The zero-order valence-corrected chi connectivity index (χ0v) is 17.3. The summed E-state index contributed by atoms with van der Waals surface area (Å²) in [5, 5.41) is 14.9. The second kappa shape index (κ2) is 8.34. The Morgan fingerprint density at radius 2 is 1.74 bits per heavy atom. The molecule has 1 amide bonds. The van der Waals surface area contributed by atoms with Crippen molar-refractivity contribution in [3.63, 3.8) is 0 Å². The van der Waals surface area contributed by atoms with Crippen LogP contribution in [0.2, 0.25) is 0 Å². The lowest BCUT2D eigenvalue weighted by molar-refractivity contribution is -0.385. The van der Waals surface area contributed by atoms with E-state index < -0.39 is 15.5 Å². The molecule has 2 N–H and O–H groups in total. The number of halogens is 1. The Bertz CT molecular complexity index is 1130. The molecule has 4 rings (SSSR count). The van der Waals surface area contributed by atoms with Gasteiger partial charge in [-0.25, -0.2) is 5.01 Å². The summed E-state index contributed by atoms with van der Waals surface area (Å²) in [5.41, 5.74) is 0.416. The number of carbonyl (C=O) groups excluding carboxylic acids is 1. The number of amides is 1. The molecule has 0 fully saturated rings. The molecule has 0 saturated heterocycles. The zero-order chi connectivity index (χ0) is 22.0. The molecule has 0 aromatic heterocycles. The molecule has 1 heterocycles. The molecular weight excluding hydrogens is 423 g/mol. The Labute approximate surface area is 179 Å². The largest absolute Gasteiger partial charge is 0.457 e. The third-order valence-electron chi connectivity index (χ3n) is 4.48. The number of nitrogens with zero attached hydrogens (tertiary/aromatic N) is 2. The maximum absolute atomic E-state index is 15.0. The van der Waals surface area contributed by atoms with Gasteiger partial charge in [-0.2, -0.15) is 8.72 Å². The minimum atomic E-state index is -2.97. The number of fused-ring (bicyclic) bond motifs is 1. The number of nitro groups is 1. The first kappa shape index (κ1) is 20.8. The van der Waals surface area contributed by atoms with E-state index in [1.807, 2.05) is 30.3 Å². The fourth-order valence-corrected chi connectivity index (χ4v) is 5.05. The monoisotopic (exact) mass is 442 g/mol. The molecule has 1 aliphatic heterocycles. The number of likely N-dealkylation sites (N-methyl/N-ethyl adjacent to an activating group) is 1. The third-order valence-corrected chi connectivity index (χ3v) is 6.75. The van der Waals surface area contributed by atoms with Gasteiger partial charge in [-0.1, -0.05) is 18.2 Å². The first-order valence-corrected chi connectivity index (χ1v) is 10.8. The van der Waals surface area contributed by atoms with Crippen molar-refractivity contribution >= 4 is 27.9 Å². The fourth-order valence-electron chi connectivity index (χ4n) is 3.01. The predicted octanol–water partition coefficient (Wildman–Crippen LogP) is 4.80. The third kappa shape index (κ3) is 4.66. The number of hydrogen-bond donors (Lipinski definition) is 2. The van der Waals surface area contributed by atoms with Crippen LogP contribution < -0.4 is 14.9 Å². The highest BCUT2D eigenvalue weighted by atomic mass is 32.3. The Morgan fingerprint density at radius 1 is 1.06 bits per heavy atom. The molecule has 3 aromatic carbocycles. The number of anilines is 1. The highest BCUT2D eigenvalue weighted by Crippen LogP contribution is 2.78. The summed E-state index contributed by atoms with van der Waals surface area (Å²) in [7, 11) is -1.43. The number of benzene rings is 3. The van der Waals surface area contributed by atoms with Crippen molar-refractivity contribution in [3.8, 4) is 11.5 Å². The number of hydrazine groups is 1. The topological polar surface area (TPSA) is 96.7 Å². The van der Waals surface area contributed by atoms with Crippen LogP contribution in [-0.4, -0.2) is 29.4 Å². The van der Waals surface area contributed by atoms with E-state index in [1.54, 1.807) is 24.3 Å². The zero-order valence-electron chi connectivity index (χ0n) is 16.4. The lowest BCUT2D eigenvalue weighted by Gasteiger charge is -2.22. The number of nitro benzene ring substituents is 1. The number of rotatable bonds is 8. The molecule has 0 spiro atoms. The van der Waals surface area contributed by atoms with Crippen molar-refractivity contribution in [2.75, 3.05) is 18.9 Å². The van der Waals surface area contributed by atoms with E-state index in [4.69, 9.17) is 4.74 Å². The molecule has 31 heavy (non-hydrogen) atoms. The van der Waals surface area contributed by atoms with Crippen LogP contribution in [0.25, 0.3) is 0 Å². The molecule has 0 radical (unpaired) electrons. The Morgan fingerprint density at radius 3 is 2.42 bits per heavy atom. The molecule has 0 saturated carbocycles. The average Bonchev–Trinajstić information content (AvgIpc) is 3.32. The summed E-state index contributed by atoms with van der Waals surface area (Å²) < 4.78 is 20.8. The number of ether oxygens (including phenoxy) is 1. The number of para-hydroxylation sites is 1. The number of non-ortho nitro benzene ring substituents is 1. The minimum Gasteiger partial charge on any atom is -0.457 e. The van der Waals surface area contributed by atoms with Crippen molar-refractivity contribution in [1.29, 1.82) is 0 Å². The van der Waals surface area contributed by atoms with E-state index >= 15 is 3.89 Å². The van der Waals surface area contributed by atoms with Crippen LogP contribution >= 0.6 is 10.6 Å². The first-order chi connectivity index (χ1) is 14.8. The van der Waals surface area contributed by atoms with Gasteiger partial charge in [-0.05, 0) is 42.5 Å². The smallest absolute Gasteiger partial charge is 0.270 e. The number of carbonyl (C=O) groups is 1. The Kier molecular flexibility index (Phi) is 5.59. The molecule has 0 bridgehead atoms. The molecule has 160 valence electrons. The van der Waals surface area contributed by atoms with E-state index in [2.05, 4.69) is 10.1 Å². The second-order valence-electron chi connectivity index (χ2n) is 6.86. The highest BCUT2D eigenvalue weighted by Gasteiger charge is 2.49. The summed E-state index contributed by atoms with van der Waals surface area (Å²) in [5.74, 6) is 0.998. The van der Waals surface area contributed by atoms with Gasteiger partial charge in [0, 0.05) is 35.5 Å². The minimum absolute atomic E-state index is 0.114. The number of hydrogen-bond acceptors (Lipinski definition) is 6. The van der Waals surface area contributed by atoms with Gasteiger partial charge < -0.3 is 10.1 Å². The van der Waals surface area contributed by atoms with Crippen molar-refractivity contribution in [2.45, 2.75) is 9.79 Å². The van der Waals surface area contributed by atoms with Crippen LogP contribution in [0.5, 0.6) is 11.5 Å². The van der Waals surface area contributed by atoms with Gasteiger partial charge in [0.2, 0.25) is 5.91 Å². The predicted molar refractivity (Wildman–Crippen MR) is 116 cm³/mol. The van der Waals surface area contributed by atoms with Crippen molar-refractivity contribution < 1.29 is 18.3 Å². The van der Waals surface area contributed by atoms with Gasteiger partial charge in [0.1, 0.15) is 11.5 Å².